The summed E-state index contributed by atoms with van der Waals surface area (Å²) in [4.78, 5) is 2.26. The first-order chi connectivity index (χ1) is 5.70. The monoisotopic (exact) mass is 175 g/mol. The Morgan fingerprint density at radius 2 is 1.83 bits per heavy atom. The number of hydrogen-bond donors (Lipinski definition) is 1. The molecule has 0 radical (unpaired) electrons. The lowest BCUT2D eigenvalue weighted by Crippen LogP contribution is -2.21. The molecule has 0 aromatic heterocycles. The summed E-state index contributed by atoms with van der Waals surface area (Å²) in [5.41, 5.74) is 0. The van der Waals surface area contributed by atoms with Gasteiger partial charge in [0.1, 0.15) is 0 Å². The van der Waals surface area contributed by atoms with Gasteiger partial charge in [0, 0.05) is 6.61 Å². The number of rotatable bonds is 5. The molecule has 0 bridgehead atoms. The Morgan fingerprint density at radius 1 is 1.33 bits per heavy atom. The standard InChI is InChI=1S/C8H19NO.C2H6/c1-4-9(3)6-5-8(2)7-10;1-2/h8,10H,4-7H2,1-3H3;1-2H3. The van der Waals surface area contributed by atoms with Crippen LogP contribution in [-0.2, 0) is 0 Å². The third-order valence-corrected chi connectivity index (χ3v) is 1.86. The fraction of sp³-hybridized carbons (Fsp3) is 1.00. The van der Waals surface area contributed by atoms with Gasteiger partial charge < -0.3 is 10.0 Å². The molecule has 0 aliphatic rings. The first-order valence-corrected chi connectivity index (χ1v) is 5.00. The van der Waals surface area contributed by atoms with Crippen molar-refractivity contribution in [3.63, 3.8) is 0 Å². The van der Waals surface area contributed by atoms with E-state index in [0.29, 0.717) is 12.5 Å². The van der Waals surface area contributed by atoms with Crippen LogP contribution in [0.2, 0.25) is 0 Å². The van der Waals surface area contributed by atoms with Crippen LogP contribution in [0.25, 0.3) is 0 Å². The minimum Gasteiger partial charge on any atom is -0.396 e. The molecule has 1 unspecified atom stereocenters. The molecule has 0 saturated heterocycles. The Kier molecular flexibility index (Phi) is 13.1. The van der Waals surface area contributed by atoms with E-state index in [1.54, 1.807) is 0 Å². The Labute approximate surface area is 77.6 Å². The smallest absolute Gasteiger partial charge is 0.0457 e. The van der Waals surface area contributed by atoms with Crippen LogP contribution >= 0.6 is 0 Å². The molecule has 0 fully saturated rings. The molecule has 0 spiro atoms. The average molecular weight is 175 g/mol. The van der Waals surface area contributed by atoms with E-state index in [9.17, 15) is 0 Å². The van der Waals surface area contributed by atoms with Crippen LogP contribution in [0.3, 0.4) is 0 Å². The normalized spacial score (nSPS) is 12.2. The van der Waals surface area contributed by atoms with Crippen molar-refractivity contribution in [1.29, 1.82) is 0 Å². The van der Waals surface area contributed by atoms with E-state index >= 15 is 0 Å². The molecule has 0 amide bonds. The van der Waals surface area contributed by atoms with Crippen molar-refractivity contribution in [3.05, 3.63) is 0 Å². The molecular formula is C10H25NO. The summed E-state index contributed by atoms with van der Waals surface area (Å²) in [6.45, 7) is 10.7. The fourth-order valence-electron chi connectivity index (χ4n) is 0.690. The Bertz CT molecular complexity index is 66.2. The van der Waals surface area contributed by atoms with E-state index < -0.39 is 0 Å². The lowest BCUT2D eigenvalue weighted by molar-refractivity contribution is 0.213. The van der Waals surface area contributed by atoms with Gasteiger partial charge in [-0.05, 0) is 32.5 Å². The highest BCUT2D eigenvalue weighted by Gasteiger charge is 2.00. The summed E-state index contributed by atoms with van der Waals surface area (Å²) in [5, 5.41) is 8.70. The topological polar surface area (TPSA) is 23.5 Å². The lowest BCUT2D eigenvalue weighted by Gasteiger charge is -2.15. The predicted octanol–water partition coefficient (Wildman–Crippen LogP) is 1.98. The zero-order chi connectivity index (χ0) is 9.98. The Balaban J connectivity index is 0. The van der Waals surface area contributed by atoms with Gasteiger partial charge in [-0.1, -0.05) is 27.7 Å². The Hall–Kier alpha value is -0.0800. The van der Waals surface area contributed by atoms with Crippen molar-refractivity contribution in [3.8, 4) is 0 Å². The zero-order valence-corrected chi connectivity index (χ0v) is 9.30. The minimum atomic E-state index is 0.317. The SMILES string of the molecule is CC.CCN(C)CCC(C)CO. The summed E-state index contributed by atoms with van der Waals surface area (Å²) < 4.78 is 0. The van der Waals surface area contributed by atoms with Gasteiger partial charge in [-0.25, -0.2) is 0 Å². The van der Waals surface area contributed by atoms with Crippen molar-refractivity contribution in [1.82, 2.24) is 4.90 Å². The minimum absolute atomic E-state index is 0.317. The summed E-state index contributed by atoms with van der Waals surface area (Å²) >= 11 is 0. The maximum absolute atomic E-state index is 8.70. The molecule has 0 heterocycles. The van der Waals surface area contributed by atoms with E-state index in [1.807, 2.05) is 13.8 Å². The molecule has 0 aromatic rings. The third kappa shape index (κ3) is 9.92. The van der Waals surface area contributed by atoms with Crippen LogP contribution in [0.1, 0.15) is 34.1 Å². The van der Waals surface area contributed by atoms with Crippen LogP contribution in [0, 0.1) is 5.92 Å². The van der Waals surface area contributed by atoms with Crippen molar-refractivity contribution >= 4 is 0 Å². The molecule has 12 heavy (non-hydrogen) atoms. The van der Waals surface area contributed by atoms with Crippen LogP contribution in [0.15, 0.2) is 0 Å². The second-order valence-corrected chi connectivity index (χ2v) is 2.97. The van der Waals surface area contributed by atoms with Gasteiger partial charge in [0.2, 0.25) is 0 Å². The maximum atomic E-state index is 8.70. The van der Waals surface area contributed by atoms with E-state index in [2.05, 4.69) is 25.8 Å². The van der Waals surface area contributed by atoms with E-state index in [0.717, 1.165) is 19.5 Å². The van der Waals surface area contributed by atoms with Crippen LogP contribution in [-0.4, -0.2) is 36.8 Å². The van der Waals surface area contributed by atoms with Gasteiger partial charge >= 0.3 is 0 Å². The summed E-state index contributed by atoms with van der Waals surface area (Å²) in [6.07, 6.45) is 1.10. The number of hydrogen-bond acceptors (Lipinski definition) is 2. The van der Waals surface area contributed by atoms with E-state index in [4.69, 9.17) is 5.11 Å². The highest BCUT2D eigenvalue weighted by Crippen LogP contribution is 2.00. The molecule has 1 N–H and O–H groups in total. The first-order valence-electron chi connectivity index (χ1n) is 5.00. The average Bonchev–Trinajstić information content (AvgIpc) is 2.16. The fourth-order valence-corrected chi connectivity index (χ4v) is 0.690. The first kappa shape index (κ1) is 14.4. The van der Waals surface area contributed by atoms with Crippen molar-refractivity contribution in [2.45, 2.75) is 34.1 Å². The van der Waals surface area contributed by atoms with Crippen LogP contribution < -0.4 is 0 Å². The highest BCUT2D eigenvalue weighted by molar-refractivity contribution is 4.54. The van der Waals surface area contributed by atoms with Gasteiger partial charge in [0.05, 0.1) is 0 Å². The summed E-state index contributed by atoms with van der Waals surface area (Å²) in [7, 11) is 2.10. The van der Waals surface area contributed by atoms with Gasteiger partial charge in [0.25, 0.3) is 0 Å². The molecule has 76 valence electrons. The molecule has 2 nitrogen and oxygen atoms in total. The molecule has 2 heteroatoms. The Morgan fingerprint density at radius 3 is 2.17 bits per heavy atom. The van der Waals surface area contributed by atoms with Gasteiger partial charge in [-0.2, -0.15) is 0 Å². The number of aliphatic hydroxyl groups is 1. The molecule has 0 aromatic carbocycles. The summed E-state index contributed by atoms with van der Waals surface area (Å²) in [5.74, 6) is 0.453. The van der Waals surface area contributed by atoms with Crippen LogP contribution in [0.5, 0.6) is 0 Å². The van der Waals surface area contributed by atoms with E-state index in [-0.39, 0.29) is 0 Å². The van der Waals surface area contributed by atoms with Crippen molar-refractivity contribution < 1.29 is 5.11 Å². The molecule has 0 aliphatic carbocycles. The predicted molar refractivity (Wildman–Crippen MR) is 55.4 cm³/mol. The molecule has 0 saturated carbocycles. The number of aliphatic hydroxyl groups excluding tert-OH is 1. The van der Waals surface area contributed by atoms with Gasteiger partial charge in [-0.15, -0.1) is 0 Å². The molecule has 0 aliphatic heterocycles. The van der Waals surface area contributed by atoms with Gasteiger partial charge in [0.15, 0.2) is 0 Å². The largest absolute Gasteiger partial charge is 0.396 e. The second-order valence-electron chi connectivity index (χ2n) is 2.97. The van der Waals surface area contributed by atoms with Gasteiger partial charge in [-0.3, -0.25) is 0 Å². The number of nitrogens with zero attached hydrogens (tertiary/aromatic N) is 1. The van der Waals surface area contributed by atoms with Crippen molar-refractivity contribution in [2.75, 3.05) is 26.7 Å². The lowest BCUT2D eigenvalue weighted by atomic mass is 10.1. The summed E-state index contributed by atoms with van der Waals surface area (Å²) in [6, 6.07) is 0. The maximum Gasteiger partial charge on any atom is 0.0457 e. The molecular weight excluding hydrogens is 150 g/mol. The molecule has 0 rings (SSSR count). The second kappa shape index (κ2) is 10.9. The molecule has 1 atom stereocenters. The quantitative estimate of drug-likeness (QED) is 0.690. The highest BCUT2D eigenvalue weighted by atomic mass is 16.3. The van der Waals surface area contributed by atoms with Crippen molar-refractivity contribution in [2.24, 2.45) is 5.92 Å². The zero-order valence-electron chi connectivity index (χ0n) is 9.30. The van der Waals surface area contributed by atoms with Crippen LogP contribution in [0.4, 0.5) is 0 Å². The third-order valence-electron chi connectivity index (χ3n) is 1.86. The van der Waals surface area contributed by atoms with E-state index in [1.165, 1.54) is 0 Å².